The molecule has 3 heterocycles. The number of nitrogens with zero attached hydrogens (tertiary/aromatic N) is 1. The van der Waals surface area contributed by atoms with Crippen molar-refractivity contribution in [1.29, 1.82) is 0 Å². The first-order valence-electron chi connectivity index (χ1n) is 9.04. The van der Waals surface area contributed by atoms with Gasteiger partial charge in [0.2, 0.25) is 0 Å². The molecule has 1 amide bonds. The van der Waals surface area contributed by atoms with Gasteiger partial charge >= 0.3 is 5.97 Å². The van der Waals surface area contributed by atoms with Crippen LogP contribution in [-0.4, -0.2) is 59.8 Å². The van der Waals surface area contributed by atoms with Gasteiger partial charge in [0.15, 0.2) is 0 Å². The molecule has 0 unspecified atom stereocenters. The first-order chi connectivity index (χ1) is 12.4. The molecule has 1 spiro atoms. The lowest BCUT2D eigenvalue weighted by molar-refractivity contribution is -0.138. The Morgan fingerprint density at radius 1 is 1.46 bits per heavy atom. The van der Waals surface area contributed by atoms with E-state index in [1.807, 2.05) is 4.90 Å². The number of amides is 1. The monoisotopic (exact) mass is 362 g/mol. The third kappa shape index (κ3) is 2.89. The number of nitrogens with one attached hydrogen (secondary N) is 1. The Labute approximate surface area is 151 Å². The Kier molecular flexibility index (Phi) is 4.23. The molecular formula is C19H23FN2O4. The summed E-state index contributed by atoms with van der Waals surface area (Å²) >= 11 is 0. The normalized spacial score (nSPS) is 32.6. The number of hydrogen-bond acceptors (Lipinski definition) is 4. The molecule has 3 aliphatic rings. The number of fused-ring (bicyclic) bond motifs is 1. The highest BCUT2D eigenvalue weighted by Crippen LogP contribution is 2.54. The standard InChI is InChI=1S/C19H23FN2O4/c1-11-6-12(2-3-15(11)20)18(25)21-7-13-14-8-22(9-17(23)24)10-19(14)5-4-16(13)26-19/h2-3,6,13-14,16H,4-5,7-10H2,1H3,(H,21,25)(H,23,24)/t13-,14+,16+,19+/m0/s1. The van der Waals surface area contributed by atoms with Crippen LogP contribution in [0.25, 0.3) is 0 Å². The van der Waals surface area contributed by atoms with E-state index in [2.05, 4.69) is 5.32 Å². The van der Waals surface area contributed by atoms with Gasteiger partial charge in [0.05, 0.1) is 18.2 Å². The van der Waals surface area contributed by atoms with E-state index >= 15 is 0 Å². The number of likely N-dealkylation sites (tertiary alicyclic amines) is 1. The highest BCUT2D eigenvalue weighted by Gasteiger charge is 2.62. The fourth-order valence-corrected chi connectivity index (χ4v) is 4.97. The average molecular weight is 362 g/mol. The van der Waals surface area contributed by atoms with Gasteiger partial charge < -0.3 is 15.2 Å². The van der Waals surface area contributed by atoms with Gasteiger partial charge in [0.25, 0.3) is 5.91 Å². The summed E-state index contributed by atoms with van der Waals surface area (Å²) in [5.74, 6) is -0.934. The first-order valence-corrected chi connectivity index (χ1v) is 9.04. The molecule has 2 N–H and O–H groups in total. The second-order valence-corrected chi connectivity index (χ2v) is 7.77. The van der Waals surface area contributed by atoms with Crippen molar-refractivity contribution < 1.29 is 23.8 Å². The Morgan fingerprint density at radius 3 is 3.00 bits per heavy atom. The molecule has 7 heteroatoms. The number of halogens is 1. The molecule has 6 nitrogen and oxygen atoms in total. The van der Waals surface area contributed by atoms with Crippen LogP contribution < -0.4 is 5.32 Å². The molecule has 1 aromatic carbocycles. The Morgan fingerprint density at radius 2 is 2.27 bits per heavy atom. The van der Waals surface area contributed by atoms with E-state index in [1.54, 1.807) is 13.0 Å². The summed E-state index contributed by atoms with van der Waals surface area (Å²) < 4.78 is 19.6. The van der Waals surface area contributed by atoms with Gasteiger partial charge in [-0.15, -0.1) is 0 Å². The summed E-state index contributed by atoms with van der Waals surface area (Å²) in [5.41, 5.74) is 0.642. The maximum Gasteiger partial charge on any atom is 0.317 e. The molecule has 3 aliphatic heterocycles. The number of aryl methyl sites for hydroxylation is 1. The van der Waals surface area contributed by atoms with Crippen LogP contribution in [-0.2, 0) is 9.53 Å². The number of benzene rings is 1. The Hall–Kier alpha value is -1.99. The topological polar surface area (TPSA) is 78.9 Å². The smallest absolute Gasteiger partial charge is 0.317 e. The number of carboxylic acid groups (broad SMARTS) is 1. The number of carboxylic acids is 1. The van der Waals surface area contributed by atoms with Gasteiger partial charge in [-0.3, -0.25) is 14.5 Å². The Balaban J connectivity index is 1.41. The SMILES string of the molecule is Cc1cc(C(=O)NC[C@H]2[C@H]3CN(CC(=O)O)C[C@]34CC[C@H]2O4)ccc1F. The van der Waals surface area contributed by atoms with Crippen molar-refractivity contribution in [2.75, 3.05) is 26.2 Å². The second kappa shape index (κ2) is 6.32. The molecule has 3 saturated heterocycles. The molecule has 0 aromatic heterocycles. The van der Waals surface area contributed by atoms with E-state index in [0.29, 0.717) is 30.8 Å². The first kappa shape index (κ1) is 17.4. The quantitative estimate of drug-likeness (QED) is 0.828. The molecule has 1 aromatic rings. The zero-order valence-electron chi connectivity index (χ0n) is 14.7. The van der Waals surface area contributed by atoms with Crippen molar-refractivity contribution in [3.05, 3.63) is 35.1 Å². The summed E-state index contributed by atoms with van der Waals surface area (Å²) in [5, 5.41) is 12.0. The highest BCUT2D eigenvalue weighted by atomic mass is 19.1. The van der Waals surface area contributed by atoms with E-state index in [0.717, 1.165) is 12.8 Å². The highest BCUT2D eigenvalue weighted by molar-refractivity contribution is 5.94. The summed E-state index contributed by atoms with van der Waals surface area (Å²) in [6.45, 7) is 3.50. The van der Waals surface area contributed by atoms with E-state index in [1.165, 1.54) is 12.1 Å². The third-order valence-electron chi connectivity index (χ3n) is 6.13. The molecule has 26 heavy (non-hydrogen) atoms. The maximum atomic E-state index is 13.4. The zero-order valence-corrected chi connectivity index (χ0v) is 14.7. The molecule has 0 saturated carbocycles. The molecule has 140 valence electrons. The minimum atomic E-state index is -0.826. The molecule has 4 rings (SSSR count). The minimum absolute atomic E-state index is 0.0280. The zero-order chi connectivity index (χ0) is 18.5. The Bertz CT molecular complexity index is 755. The van der Waals surface area contributed by atoms with E-state index < -0.39 is 5.97 Å². The predicted octanol–water partition coefficient (Wildman–Crippen LogP) is 1.43. The van der Waals surface area contributed by atoms with Gasteiger partial charge in [-0.05, 0) is 43.5 Å². The summed E-state index contributed by atoms with van der Waals surface area (Å²) in [7, 11) is 0. The van der Waals surface area contributed by atoms with Crippen molar-refractivity contribution >= 4 is 11.9 Å². The van der Waals surface area contributed by atoms with Gasteiger partial charge in [-0.25, -0.2) is 4.39 Å². The van der Waals surface area contributed by atoms with Gasteiger partial charge in [-0.2, -0.15) is 0 Å². The fraction of sp³-hybridized carbons (Fsp3) is 0.579. The molecule has 4 atom stereocenters. The molecular weight excluding hydrogens is 339 g/mol. The van der Waals surface area contributed by atoms with Gasteiger partial charge in [-0.1, -0.05) is 0 Å². The van der Waals surface area contributed by atoms with Crippen LogP contribution in [0.5, 0.6) is 0 Å². The lowest BCUT2D eigenvalue weighted by atomic mass is 9.73. The summed E-state index contributed by atoms with van der Waals surface area (Å²) in [4.78, 5) is 25.4. The lowest BCUT2D eigenvalue weighted by Crippen LogP contribution is -2.41. The van der Waals surface area contributed by atoms with Crippen molar-refractivity contribution in [2.45, 2.75) is 31.5 Å². The van der Waals surface area contributed by atoms with E-state index in [-0.39, 0.29) is 41.8 Å². The maximum absolute atomic E-state index is 13.4. The van der Waals surface area contributed by atoms with E-state index in [4.69, 9.17) is 9.84 Å². The van der Waals surface area contributed by atoms with Crippen LogP contribution in [0.4, 0.5) is 4.39 Å². The lowest BCUT2D eigenvalue weighted by Gasteiger charge is -2.29. The molecule has 3 fully saturated rings. The fourth-order valence-electron chi connectivity index (χ4n) is 4.97. The molecule has 2 bridgehead atoms. The minimum Gasteiger partial charge on any atom is -0.480 e. The average Bonchev–Trinajstić information content (AvgIpc) is 3.22. The predicted molar refractivity (Wildman–Crippen MR) is 91.4 cm³/mol. The molecule has 0 radical (unpaired) electrons. The third-order valence-corrected chi connectivity index (χ3v) is 6.13. The number of aliphatic carboxylic acids is 1. The number of hydrogen-bond donors (Lipinski definition) is 2. The van der Waals surface area contributed by atoms with Crippen molar-refractivity contribution in [3.8, 4) is 0 Å². The molecule has 0 aliphatic carbocycles. The van der Waals surface area contributed by atoms with Crippen LogP contribution in [0.15, 0.2) is 18.2 Å². The number of carbonyl (C=O) groups is 2. The number of carbonyl (C=O) groups excluding carboxylic acids is 1. The van der Waals surface area contributed by atoms with Crippen LogP contribution >= 0.6 is 0 Å². The van der Waals surface area contributed by atoms with Crippen molar-refractivity contribution in [1.82, 2.24) is 10.2 Å². The largest absolute Gasteiger partial charge is 0.480 e. The van der Waals surface area contributed by atoms with Gasteiger partial charge in [0, 0.05) is 37.0 Å². The van der Waals surface area contributed by atoms with Crippen LogP contribution in [0.1, 0.15) is 28.8 Å². The summed E-state index contributed by atoms with van der Waals surface area (Å²) in [6.07, 6.45) is 2.04. The van der Waals surface area contributed by atoms with E-state index in [9.17, 15) is 14.0 Å². The van der Waals surface area contributed by atoms with Crippen LogP contribution in [0.3, 0.4) is 0 Å². The number of rotatable bonds is 5. The van der Waals surface area contributed by atoms with Crippen LogP contribution in [0.2, 0.25) is 0 Å². The van der Waals surface area contributed by atoms with Gasteiger partial charge in [0.1, 0.15) is 5.82 Å². The van der Waals surface area contributed by atoms with Crippen LogP contribution in [0, 0.1) is 24.6 Å². The van der Waals surface area contributed by atoms with Crippen molar-refractivity contribution in [3.63, 3.8) is 0 Å². The second-order valence-electron chi connectivity index (χ2n) is 7.77. The summed E-state index contributed by atoms with van der Waals surface area (Å²) in [6, 6.07) is 4.34. The van der Waals surface area contributed by atoms with Crippen molar-refractivity contribution in [2.24, 2.45) is 11.8 Å². The number of ether oxygens (including phenoxy) is 1.